The van der Waals surface area contributed by atoms with E-state index in [0.29, 0.717) is 87.7 Å². The predicted octanol–water partition coefficient (Wildman–Crippen LogP) is 6.90. The highest BCUT2D eigenvalue weighted by atomic mass is 35.5. The number of aryl methyl sites for hydroxylation is 1. The van der Waals surface area contributed by atoms with Gasteiger partial charge in [-0.25, -0.2) is 0 Å². The van der Waals surface area contributed by atoms with Crippen molar-refractivity contribution in [2.75, 3.05) is 30.5 Å². The smallest absolute Gasteiger partial charge is 0.211 e. The van der Waals surface area contributed by atoms with Crippen molar-refractivity contribution in [1.29, 1.82) is 5.26 Å². The Balaban J connectivity index is 1.38. The first kappa shape index (κ1) is 29.1. The topological polar surface area (TPSA) is 118 Å². The van der Waals surface area contributed by atoms with Gasteiger partial charge < -0.3 is 24.8 Å². The molecule has 216 valence electrons. The van der Waals surface area contributed by atoms with E-state index in [9.17, 15) is 10.1 Å². The van der Waals surface area contributed by atoms with Crippen LogP contribution < -0.4 is 20.1 Å². The molecule has 0 radical (unpaired) electrons. The number of aromatic nitrogens is 2. The summed E-state index contributed by atoms with van der Waals surface area (Å²) in [6.07, 6.45) is 4.99. The van der Waals surface area contributed by atoms with Crippen molar-refractivity contribution in [1.82, 2.24) is 9.97 Å². The molecule has 0 saturated carbocycles. The van der Waals surface area contributed by atoms with Gasteiger partial charge in [-0.3, -0.25) is 14.8 Å². The Hall–Kier alpha value is -4.39. The molecule has 0 spiro atoms. The highest BCUT2D eigenvalue weighted by Gasteiger charge is 2.19. The summed E-state index contributed by atoms with van der Waals surface area (Å²) in [5.74, 6) is 1.47. The Morgan fingerprint density at radius 1 is 1.12 bits per heavy atom. The molecule has 0 atom stereocenters. The third-order valence-electron chi connectivity index (χ3n) is 7.20. The average molecular weight is 586 g/mol. The van der Waals surface area contributed by atoms with Crippen molar-refractivity contribution in [3.05, 3.63) is 76.2 Å². The number of amides is 1. The molecule has 1 saturated heterocycles. The molecule has 1 aliphatic heterocycles. The minimum atomic E-state index is 0.329. The largest absolute Gasteiger partial charge is 0.492 e. The lowest BCUT2D eigenvalue weighted by molar-refractivity contribution is -0.105. The first-order valence-corrected chi connectivity index (χ1v) is 14.4. The number of ether oxygens (including phenoxy) is 3. The van der Waals surface area contributed by atoms with E-state index < -0.39 is 0 Å². The Morgan fingerprint density at radius 3 is 2.62 bits per heavy atom. The third kappa shape index (κ3) is 6.40. The summed E-state index contributed by atoms with van der Waals surface area (Å²) in [6.45, 7) is 6.12. The van der Waals surface area contributed by atoms with Gasteiger partial charge in [-0.2, -0.15) is 5.26 Å². The quantitative estimate of drug-likeness (QED) is 0.182. The van der Waals surface area contributed by atoms with E-state index in [-0.39, 0.29) is 0 Å². The molecule has 3 heterocycles. The van der Waals surface area contributed by atoms with Gasteiger partial charge in [-0.05, 0) is 56.5 Å². The van der Waals surface area contributed by atoms with E-state index in [2.05, 4.69) is 27.8 Å². The lowest BCUT2D eigenvalue weighted by Crippen LogP contribution is -2.15. The Bertz CT molecular complexity index is 1610. The van der Waals surface area contributed by atoms with Gasteiger partial charge in [-0.15, -0.1) is 0 Å². The number of nitriles is 1. The number of carbonyl (C=O) groups is 1. The third-order valence-corrected chi connectivity index (χ3v) is 7.50. The average Bonchev–Trinajstić information content (AvgIpc) is 3.02. The minimum absolute atomic E-state index is 0.329. The Kier molecular flexibility index (Phi) is 9.37. The highest BCUT2D eigenvalue weighted by Crippen LogP contribution is 2.38. The number of carbonyl (C=O) groups excluding carboxylic acids is 1. The predicted molar refractivity (Wildman–Crippen MR) is 163 cm³/mol. The lowest BCUT2D eigenvalue weighted by Gasteiger charge is -2.21. The zero-order valence-electron chi connectivity index (χ0n) is 23.6. The second-order valence-electron chi connectivity index (χ2n) is 9.87. The molecular formula is C32H32ClN5O4. The zero-order chi connectivity index (χ0) is 29.5. The van der Waals surface area contributed by atoms with Crippen LogP contribution in [0.3, 0.4) is 0 Å². The van der Waals surface area contributed by atoms with Gasteiger partial charge in [0, 0.05) is 53.7 Å². The number of nitrogens with one attached hydrogen (secondary N) is 2. The van der Waals surface area contributed by atoms with Gasteiger partial charge in [0.25, 0.3) is 0 Å². The SMILES string of the molecule is CCOc1cc2nc(CC)c(C#N)c(Nc3ccc(OCc4ccc(C5CCOCC5)nc4)c(Cl)c3)c2cc1NC=O. The molecule has 0 unspecified atom stereocenters. The second kappa shape index (κ2) is 13.5. The zero-order valence-corrected chi connectivity index (χ0v) is 24.3. The summed E-state index contributed by atoms with van der Waals surface area (Å²) in [5, 5.41) is 17.2. The molecule has 5 rings (SSSR count). The van der Waals surface area contributed by atoms with E-state index >= 15 is 0 Å². The van der Waals surface area contributed by atoms with Gasteiger partial charge in [0.1, 0.15) is 24.2 Å². The molecule has 0 aliphatic carbocycles. The van der Waals surface area contributed by atoms with Gasteiger partial charge in [-0.1, -0.05) is 24.6 Å². The van der Waals surface area contributed by atoms with Gasteiger partial charge in [0.2, 0.25) is 6.41 Å². The monoisotopic (exact) mass is 585 g/mol. The van der Waals surface area contributed by atoms with E-state index in [1.807, 2.05) is 32.2 Å². The van der Waals surface area contributed by atoms with Gasteiger partial charge in [0.05, 0.1) is 39.8 Å². The van der Waals surface area contributed by atoms with Crippen LogP contribution in [0.15, 0.2) is 48.7 Å². The number of pyridine rings is 2. The molecule has 2 N–H and O–H groups in total. The normalized spacial score (nSPS) is 13.4. The van der Waals surface area contributed by atoms with E-state index in [1.165, 1.54) is 0 Å². The molecule has 2 aromatic heterocycles. The van der Waals surface area contributed by atoms with Crippen LogP contribution in [-0.2, 0) is 22.6 Å². The fraction of sp³-hybridized carbons (Fsp3) is 0.312. The Labute approximate surface area is 249 Å². The van der Waals surface area contributed by atoms with E-state index in [1.54, 1.807) is 24.3 Å². The summed E-state index contributed by atoms with van der Waals surface area (Å²) in [4.78, 5) is 20.6. The summed E-state index contributed by atoms with van der Waals surface area (Å²) in [6, 6.07) is 15.3. The first-order chi connectivity index (χ1) is 20.5. The number of rotatable bonds is 11. The minimum Gasteiger partial charge on any atom is -0.492 e. The molecular weight excluding hydrogens is 554 g/mol. The number of benzene rings is 2. The standard InChI is InChI=1S/C32H32ClN5O4/c1-3-26-24(16-34)32(23-14-29(36-19-39)31(41-4-2)15-28(23)38-26)37-22-6-8-30(25(33)13-22)42-18-20-5-7-27(35-17-20)21-9-11-40-12-10-21/h5-8,13-15,17,19,21H,3-4,9-12,18H2,1-2H3,(H,36,39)(H,37,38). The number of hydrogen-bond donors (Lipinski definition) is 2. The summed E-state index contributed by atoms with van der Waals surface area (Å²) in [7, 11) is 0. The van der Waals surface area contributed by atoms with Crippen molar-refractivity contribution in [2.45, 2.75) is 45.6 Å². The van der Waals surface area contributed by atoms with Crippen LogP contribution >= 0.6 is 11.6 Å². The van der Waals surface area contributed by atoms with E-state index in [4.69, 9.17) is 30.8 Å². The summed E-state index contributed by atoms with van der Waals surface area (Å²) >= 11 is 6.63. The number of fused-ring (bicyclic) bond motifs is 1. The Morgan fingerprint density at radius 2 is 1.95 bits per heavy atom. The highest BCUT2D eigenvalue weighted by molar-refractivity contribution is 6.32. The molecule has 1 amide bonds. The fourth-order valence-corrected chi connectivity index (χ4v) is 5.29. The van der Waals surface area contributed by atoms with Crippen molar-refractivity contribution >= 4 is 46.0 Å². The number of halogens is 1. The maximum atomic E-state index is 11.3. The first-order valence-electron chi connectivity index (χ1n) is 14.0. The van der Waals surface area contributed by atoms with Gasteiger partial charge >= 0.3 is 0 Å². The van der Waals surface area contributed by atoms with Crippen LogP contribution in [0, 0.1) is 11.3 Å². The van der Waals surface area contributed by atoms with Crippen molar-refractivity contribution in [3.8, 4) is 17.6 Å². The maximum absolute atomic E-state index is 11.3. The van der Waals surface area contributed by atoms with Crippen LogP contribution in [0.1, 0.15) is 55.1 Å². The molecule has 9 nitrogen and oxygen atoms in total. The van der Waals surface area contributed by atoms with Crippen molar-refractivity contribution in [3.63, 3.8) is 0 Å². The van der Waals surface area contributed by atoms with Gasteiger partial charge in [0.15, 0.2) is 0 Å². The molecule has 2 aromatic carbocycles. The van der Waals surface area contributed by atoms with Crippen LogP contribution in [-0.4, -0.2) is 36.2 Å². The maximum Gasteiger partial charge on any atom is 0.211 e. The van der Waals surface area contributed by atoms with Crippen molar-refractivity contribution < 1.29 is 19.0 Å². The lowest BCUT2D eigenvalue weighted by atomic mass is 9.96. The molecule has 1 fully saturated rings. The van der Waals surface area contributed by atoms with E-state index in [0.717, 1.165) is 37.3 Å². The van der Waals surface area contributed by atoms with Crippen LogP contribution in [0.4, 0.5) is 17.1 Å². The molecule has 4 aromatic rings. The molecule has 42 heavy (non-hydrogen) atoms. The number of nitrogens with zero attached hydrogens (tertiary/aromatic N) is 3. The summed E-state index contributed by atoms with van der Waals surface area (Å²) in [5.41, 5.74) is 5.45. The molecule has 0 bridgehead atoms. The fourth-order valence-electron chi connectivity index (χ4n) is 5.06. The number of anilines is 3. The van der Waals surface area contributed by atoms with Crippen LogP contribution in [0.2, 0.25) is 5.02 Å². The number of hydrogen-bond acceptors (Lipinski definition) is 8. The van der Waals surface area contributed by atoms with Crippen LogP contribution in [0.5, 0.6) is 11.5 Å². The molecule has 10 heteroatoms. The summed E-state index contributed by atoms with van der Waals surface area (Å²) < 4.78 is 17.2. The van der Waals surface area contributed by atoms with Crippen LogP contribution in [0.25, 0.3) is 10.9 Å². The van der Waals surface area contributed by atoms with Crippen molar-refractivity contribution in [2.24, 2.45) is 0 Å². The second-order valence-corrected chi connectivity index (χ2v) is 10.3. The molecule has 1 aliphatic rings.